The van der Waals surface area contributed by atoms with Gasteiger partial charge >= 0.3 is 0 Å². The topological polar surface area (TPSA) is 50.4 Å². The molecule has 0 aromatic carbocycles. The number of rotatable bonds is 2. The van der Waals surface area contributed by atoms with Gasteiger partial charge in [-0.25, -0.2) is 0 Å². The average molecular weight is 195 g/mol. The van der Waals surface area contributed by atoms with Gasteiger partial charge in [0, 0.05) is 19.6 Å². The summed E-state index contributed by atoms with van der Waals surface area (Å²) in [5.74, 6) is -0.0142. The molecule has 0 unspecified atom stereocenters. The van der Waals surface area contributed by atoms with E-state index in [1.165, 1.54) is 0 Å². The van der Waals surface area contributed by atoms with E-state index in [-0.39, 0.29) is 24.4 Å². The molecule has 0 aliphatic carbocycles. The van der Waals surface area contributed by atoms with Crippen LogP contribution in [-0.2, 0) is 9.53 Å². The van der Waals surface area contributed by atoms with E-state index in [9.17, 15) is 4.79 Å². The molecule has 0 radical (unpaired) electrons. The van der Waals surface area contributed by atoms with E-state index in [0.29, 0.717) is 19.7 Å². The highest BCUT2D eigenvalue weighted by Gasteiger charge is 2.20. The first-order valence-corrected chi connectivity index (χ1v) is 3.94. The normalized spacial score (nSPS) is 22.6. The second-order valence-corrected chi connectivity index (χ2v) is 2.46. The number of ether oxygens (including phenoxy) is 1. The maximum Gasteiger partial charge on any atom is 0.250 e. The van der Waals surface area contributed by atoms with Gasteiger partial charge in [0.2, 0.25) is 5.91 Å². The van der Waals surface area contributed by atoms with Crippen molar-refractivity contribution in [1.29, 1.82) is 0 Å². The van der Waals surface area contributed by atoms with Gasteiger partial charge in [-0.1, -0.05) is 0 Å². The van der Waals surface area contributed by atoms with Gasteiger partial charge in [0.1, 0.15) is 6.10 Å². The Hall–Kier alpha value is -0.320. The number of nitrogens with one attached hydrogen (secondary N) is 2. The maximum absolute atomic E-state index is 11.1. The fourth-order valence-corrected chi connectivity index (χ4v) is 1.02. The summed E-state index contributed by atoms with van der Waals surface area (Å²) >= 11 is 0. The van der Waals surface area contributed by atoms with Crippen molar-refractivity contribution in [3.63, 3.8) is 0 Å². The van der Waals surface area contributed by atoms with Crippen LogP contribution in [-0.4, -0.2) is 38.3 Å². The predicted octanol–water partition coefficient (Wildman–Crippen LogP) is -0.467. The first kappa shape index (κ1) is 11.7. The van der Waals surface area contributed by atoms with Gasteiger partial charge in [-0.3, -0.25) is 4.79 Å². The molecule has 1 aliphatic heterocycles. The minimum absolute atomic E-state index is 0. The van der Waals surface area contributed by atoms with Crippen molar-refractivity contribution in [2.45, 2.75) is 13.0 Å². The third kappa shape index (κ3) is 3.38. The number of carbonyl (C=O) groups is 1. The van der Waals surface area contributed by atoms with Crippen LogP contribution in [0.4, 0.5) is 0 Å². The van der Waals surface area contributed by atoms with Crippen LogP contribution in [0, 0.1) is 0 Å². The molecule has 1 amide bonds. The lowest BCUT2D eigenvalue weighted by atomic mass is 10.3. The number of halogens is 1. The molecule has 2 N–H and O–H groups in total. The van der Waals surface area contributed by atoms with Gasteiger partial charge in [-0.2, -0.15) is 0 Å². The molecule has 12 heavy (non-hydrogen) atoms. The SMILES string of the molecule is CCNC(=O)[C@H]1CNCCO1.Cl. The summed E-state index contributed by atoms with van der Waals surface area (Å²) in [6.45, 7) is 4.66. The first-order chi connectivity index (χ1) is 5.34. The summed E-state index contributed by atoms with van der Waals surface area (Å²) in [4.78, 5) is 11.1. The zero-order valence-corrected chi connectivity index (χ0v) is 7.95. The molecule has 1 saturated heterocycles. The zero-order chi connectivity index (χ0) is 8.10. The Labute approximate surface area is 78.5 Å². The summed E-state index contributed by atoms with van der Waals surface area (Å²) in [6.07, 6.45) is -0.288. The molecule has 4 nitrogen and oxygen atoms in total. The van der Waals surface area contributed by atoms with Crippen LogP contribution in [0.5, 0.6) is 0 Å². The molecule has 1 aliphatic rings. The minimum Gasteiger partial charge on any atom is -0.366 e. The van der Waals surface area contributed by atoms with E-state index >= 15 is 0 Å². The summed E-state index contributed by atoms with van der Waals surface area (Å²) in [7, 11) is 0. The average Bonchev–Trinajstić information content (AvgIpc) is 2.07. The Morgan fingerprint density at radius 2 is 2.50 bits per heavy atom. The number of likely N-dealkylation sites (N-methyl/N-ethyl adjacent to an activating group) is 1. The van der Waals surface area contributed by atoms with Gasteiger partial charge < -0.3 is 15.4 Å². The van der Waals surface area contributed by atoms with Crippen LogP contribution >= 0.6 is 12.4 Å². The van der Waals surface area contributed by atoms with Crippen LogP contribution in [0.15, 0.2) is 0 Å². The molecule has 0 aromatic heterocycles. The molecule has 0 aromatic rings. The van der Waals surface area contributed by atoms with Gasteiger partial charge in [-0.05, 0) is 6.92 Å². The maximum atomic E-state index is 11.1. The van der Waals surface area contributed by atoms with Crippen molar-refractivity contribution < 1.29 is 9.53 Å². The second kappa shape index (κ2) is 6.22. The Bertz CT molecular complexity index is 137. The monoisotopic (exact) mass is 194 g/mol. The lowest BCUT2D eigenvalue weighted by Gasteiger charge is -2.22. The lowest BCUT2D eigenvalue weighted by molar-refractivity contribution is -0.134. The highest BCUT2D eigenvalue weighted by atomic mass is 35.5. The summed E-state index contributed by atoms with van der Waals surface area (Å²) in [5.41, 5.74) is 0. The minimum atomic E-state index is -0.288. The van der Waals surface area contributed by atoms with Crippen LogP contribution < -0.4 is 10.6 Å². The van der Waals surface area contributed by atoms with E-state index in [1.54, 1.807) is 0 Å². The Balaban J connectivity index is 0.00000121. The number of morpholine rings is 1. The molecule has 0 bridgehead atoms. The van der Waals surface area contributed by atoms with Crippen LogP contribution in [0.2, 0.25) is 0 Å². The quantitative estimate of drug-likeness (QED) is 0.625. The Kier molecular flexibility index (Phi) is 6.06. The van der Waals surface area contributed by atoms with Crippen molar-refractivity contribution >= 4 is 18.3 Å². The van der Waals surface area contributed by atoms with Gasteiger partial charge in [0.25, 0.3) is 0 Å². The first-order valence-electron chi connectivity index (χ1n) is 3.94. The fraction of sp³-hybridized carbons (Fsp3) is 0.857. The van der Waals surface area contributed by atoms with Crippen LogP contribution in [0.25, 0.3) is 0 Å². The van der Waals surface area contributed by atoms with Gasteiger partial charge in [0.05, 0.1) is 6.61 Å². The molecule has 72 valence electrons. The van der Waals surface area contributed by atoms with E-state index in [2.05, 4.69) is 10.6 Å². The molecular weight excluding hydrogens is 180 g/mol. The Morgan fingerprint density at radius 3 is 3.00 bits per heavy atom. The van der Waals surface area contributed by atoms with Crippen molar-refractivity contribution in [3.05, 3.63) is 0 Å². The summed E-state index contributed by atoms with van der Waals surface area (Å²) in [5, 5.41) is 5.80. The van der Waals surface area contributed by atoms with Gasteiger partial charge in [-0.15, -0.1) is 12.4 Å². The van der Waals surface area contributed by atoms with Crippen molar-refractivity contribution in [1.82, 2.24) is 10.6 Å². The molecule has 1 fully saturated rings. The smallest absolute Gasteiger partial charge is 0.250 e. The van der Waals surface area contributed by atoms with Crippen molar-refractivity contribution in [2.75, 3.05) is 26.2 Å². The number of amides is 1. The molecule has 1 rings (SSSR count). The van der Waals surface area contributed by atoms with E-state index in [0.717, 1.165) is 6.54 Å². The van der Waals surface area contributed by atoms with E-state index in [4.69, 9.17) is 4.74 Å². The standard InChI is InChI=1S/C7H14N2O2.ClH/c1-2-9-7(10)6-5-8-3-4-11-6;/h6,8H,2-5H2,1H3,(H,9,10);1H/t6-;/m1./s1. The van der Waals surface area contributed by atoms with Gasteiger partial charge in [0.15, 0.2) is 0 Å². The number of carbonyl (C=O) groups excluding carboxylic acids is 1. The summed E-state index contributed by atoms with van der Waals surface area (Å²) in [6, 6.07) is 0. The van der Waals surface area contributed by atoms with Crippen LogP contribution in [0.1, 0.15) is 6.92 Å². The third-order valence-electron chi connectivity index (χ3n) is 1.57. The van der Waals surface area contributed by atoms with E-state index in [1.807, 2.05) is 6.92 Å². The second-order valence-electron chi connectivity index (χ2n) is 2.46. The molecular formula is C7H15ClN2O2. The fourth-order valence-electron chi connectivity index (χ4n) is 1.02. The van der Waals surface area contributed by atoms with Crippen LogP contribution in [0.3, 0.4) is 0 Å². The molecule has 0 spiro atoms. The van der Waals surface area contributed by atoms with Crippen molar-refractivity contribution in [3.8, 4) is 0 Å². The Morgan fingerprint density at radius 1 is 1.75 bits per heavy atom. The molecule has 5 heteroatoms. The number of hydrogen-bond acceptors (Lipinski definition) is 3. The molecule has 1 atom stereocenters. The third-order valence-corrected chi connectivity index (χ3v) is 1.57. The highest BCUT2D eigenvalue weighted by molar-refractivity contribution is 5.85. The zero-order valence-electron chi connectivity index (χ0n) is 7.13. The van der Waals surface area contributed by atoms with Crippen molar-refractivity contribution in [2.24, 2.45) is 0 Å². The highest BCUT2D eigenvalue weighted by Crippen LogP contribution is 1.94. The summed E-state index contributed by atoms with van der Waals surface area (Å²) < 4.78 is 5.22. The molecule has 1 heterocycles. The lowest BCUT2D eigenvalue weighted by Crippen LogP contribution is -2.47. The number of hydrogen-bond donors (Lipinski definition) is 2. The largest absolute Gasteiger partial charge is 0.366 e. The predicted molar refractivity (Wildman–Crippen MR) is 48.5 cm³/mol. The molecule has 0 saturated carbocycles. The van der Waals surface area contributed by atoms with E-state index < -0.39 is 0 Å².